The van der Waals surface area contributed by atoms with Gasteiger partial charge in [-0.15, -0.1) is 0 Å². The van der Waals surface area contributed by atoms with Crippen molar-refractivity contribution < 1.29 is 4.79 Å². The first-order chi connectivity index (χ1) is 14.7. The molecule has 1 aromatic carbocycles. The number of allylic oxidation sites excluding steroid dienone is 2. The molecule has 0 spiro atoms. The molecule has 1 aliphatic heterocycles. The van der Waals surface area contributed by atoms with Crippen LogP contribution in [0.15, 0.2) is 30.5 Å². The van der Waals surface area contributed by atoms with Gasteiger partial charge in [0.2, 0.25) is 5.78 Å². The van der Waals surface area contributed by atoms with Gasteiger partial charge in [0.05, 0.1) is 0 Å². The number of Topliss-reactive ketones (excluding diaryl/α,β-unsaturated/α-hetero) is 1. The Balaban J connectivity index is 1.70. The van der Waals surface area contributed by atoms with E-state index in [-0.39, 0.29) is 11.3 Å². The van der Waals surface area contributed by atoms with Gasteiger partial charge in [-0.3, -0.25) is 9.69 Å². The van der Waals surface area contributed by atoms with Crippen LogP contribution in [0.3, 0.4) is 0 Å². The Morgan fingerprint density at radius 1 is 1.23 bits per heavy atom. The monoisotopic (exact) mass is 419 g/mol. The van der Waals surface area contributed by atoms with Crippen molar-refractivity contribution in [3.8, 4) is 0 Å². The summed E-state index contributed by atoms with van der Waals surface area (Å²) in [5.74, 6) is 0.515. The van der Waals surface area contributed by atoms with Crippen molar-refractivity contribution >= 4 is 11.4 Å². The number of aromatic amines is 1. The van der Waals surface area contributed by atoms with Crippen LogP contribution >= 0.6 is 0 Å². The van der Waals surface area contributed by atoms with Crippen molar-refractivity contribution in [3.63, 3.8) is 0 Å². The number of rotatable bonds is 6. The number of aryl methyl sites for hydroxylation is 1. The van der Waals surface area contributed by atoms with Crippen molar-refractivity contribution in [2.45, 2.75) is 78.7 Å². The Labute approximate surface area is 187 Å². The molecule has 0 atom stereocenters. The maximum absolute atomic E-state index is 12.9. The molecule has 4 nitrogen and oxygen atoms in total. The molecule has 1 N–H and O–H groups in total. The Bertz CT molecular complexity index is 990. The van der Waals surface area contributed by atoms with Crippen LogP contribution in [-0.4, -0.2) is 33.7 Å². The van der Waals surface area contributed by atoms with Crippen molar-refractivity contribution in [1.29, 1.82) is 0 Å². The molecule has 1 aliphatic carbocycles. The van der Waals surface area contributed by atoms with Crippen LogP contribution in [0.2, 0.25) is 0 Å². The van der Waals surface area contributed by atoms with Crippen molar-refractivity contribution in [3.05, 3.63) is 58.7 Å². The maximum atomic E-state index is 12.9. The van der Waals surface area contributed by atoms with E-state index in [1.54, 1.807) is 6.20 Å². The zero-order valence-corrected chi connectivity index (χ0v) is 19.8. The smallest absolute Gasteiger partial charge is 0.202 e. The highest BCUT2D eigenvalue weighted by Gasteiger charge is 2.32. The van der Waals surface area contributed by atoms with E-state index in [0.29, 0.717) is 17.7 Å². The summed E-state index contributed by atoms with van der Waals surface area (Å²) < 4.78 is 0. The van der Waals surface area contributed by atoms with E-state index in [1.807, 2.05) is 6.92 Å². The molecule has 4 heteroatoms. The fourth-order valence-corrected chi connectivity index (χ4v) is 5.00. The highest BCUT2D eigenvalue weighted by Crippen LogP contribution is 2.40. The predicted molar refractivity (Wildman–Crippen MR) is 127 cm³/mol. The van der Waals surface area contributed by atoms with Gasteiger partial charge in [0, 0.05) is 23.9 Å². The number of benzene rings is 1. The molecule has 0 amide bonds. The van der Waals surface area contributed by atoms with Gasteiger partial charge in [-0.2, -0.15) is 0 Å². The van der Waals surface area contributed by atoms with Crippen LogP contribution in [0.5, 0.6) is 0 Å². The predicted octanol–water partition coefficient (Wildman–Crippen LogP) is 6.07. The topological polar surface area (TPSA) is 49.0 Å². The summed E-state index contributed by atoms with van der Waals surface area (Å²) in [4.78, 5) is 22.9. The van der Waals surface area contributed by atoms with Crippen LogP contribution in [0.25, 0.3) is 5.57 Å². The number of nitrogens with one attached hydrogen (secondary N) is 1. The van der Waals surface area contributed by atoms with Crippen LogP contribution in [0.4, 0.5) is 0 Å². The third-order valence-corrected chi connectivity index (χ3v) is 7.35. The van der Waals surface area contributed by atoms with Gasteiger partial charge in [0.15, 0.2) is 5.82 Å². The highest BCUT2D eigenvalue weighted by molar-refractivity contribution is 5.95. The number of carbonyl (C=O) groups is 1. The normalized spacial score (nSPS) is 19.5. The third kappa shape index (κ3) is 4.69. The quantitative estimate of drug-likeness (QED) is 0.578. The maximum Gasteiger partial charge on any atom is 0.202 e. The second-order valence-electron chi connectivity index (χ2n) is 10.7. The molecular formula is C27H37N3O. The third-order valence-electron chi connectivity index (χ3n) is 7.35. The molecular weight excluding hydrogens is 382 g/mol. The lowest BCUT2D eigenvalue weighted by molar-refractivity contribution is 0.0983. The Hall–Kier alpha value is -2.20. The summed E-state index contributed by atoms with van der Waals surface area (Å²) in [5, 5.41) is 0. The number of ketones is 1. The number of likely N-dealkylation sites (tertiary alicyclic amines) is 1. The molecule has 166 valence electrons. The molecule has 2 aromatic rings. The SMILES string of the molecule is Cc1cnc(C(=O)Cc2ccc(C(C)(C)N3CCCC3)cc2C2=CCC(C)(C)CC2)[nH]1. The average Bonchev–Trinajstić information content (AvgIpc) is 3.40. The van der Waals surface area contributed by atoms with Gasteiger partial charge in [0.1, 0.15) is 0 Å². The molecule has 2 heterocycles. The lowest BCUT2D eigenvalue weighted by Crippen LogP contribution is -2.39. The van der Waals surface area contributed by atoms with E-state index in [2.05, 4.69) is 66.8 Å². The van der Waals surface area contributed by atoms with Gasteiger partial charge >= 0.3 is 0 Å². The lowest BCUT2D eigenvalue weighted by atomic mass is 9.75. The first kappa shape index (κ1) is 22.0. The number of carbonyl (C=O) groups excluding carboxylic acids is 1. The van der Waals surface area contributed by atoms with Gasteiger partial charge in [-0.05, 0) is 99.7 Å². The molecule has 31 heavy (non-hydrogen) atoms. The summed E-state index contributed by atoms with van der Waals surface area (Å²) in [7, 11) is 0. The number of aromatic nitrogens is 2. The lowest BCUT2D eigenvalue weighted by Gasteiger charge is -2.37. The number of hydrogen-bond donors (Lipinski definition) is 1. The zero-order chi connectivity index (χ0) is 22.2. The number of imidazole rings is 1. The standard InChI is InChI=1S/C27H37N3O/c1-19-18-28-25(29-19)24(31)16-21-8-9-22(27(4,5)30-14-6-7-15-30)17-23(21)20-10-12-26(2,3)13-11-20/h8-10,17-18H,6-7,11-16H2,1-5H3,(H,28,29). The van der Waals surface area contributed by atoms with E-state index in [1.165, 1.54) is 36.0 Å². The van der Waals surface area contributed by atoms with Crippen molar-refractivity contribution in [2.75, 3.05) is 13.1 Å². The van der Waals surface area contributed by atoms with Gasteiger partial charge in [-0.1, -0.05) is 32.1 Å². The van der Waals surface area contributed by atoms with Gasteiger partial charge in [-0.25, -0.2) is 4.98 Å². The fourth-order valence-electron chi connectivity index (χ4n) is 5.00. The number of H-pyrrole nitrogens is 1. The van der Waals surface area contributed by atoms with Gasteiger partial charge in [0.25, 0.3) is 0 Å². The summed E-state index contributed by atoms with van der Waals surface area (Å²) >= 11 is 0. The van der Waals surface area contributed by atoms with Crippen molar-refractivity contribution in [2.24, 2.45) is 5.41 Å². The van der Waals surface area contributed by atoms with Crippen LogP contribution in [0.1, 0.15) is 92.8 Å². The van der Waals surface area contributed by atoms with Crippen molar-refractivity contribution in [1.82, 2.24) is 14.9 Å². The van der Waals surface area contributed by atoms with Crippen LogP contribution in [0, 0.1) is 12.3 Å². The first-order valence-electron chi connectivity index (χ1n) is 11.8. The van der Waals surface area contributed by atoms with Crippen LogP contribution in [-0.2, 0) is 12.0 Å². The van der Waals surface area contributed by atoms with Crippen LogP contribution < -0.4 is 0 Å². The minimum absolute atomic E-state index is 0.000407. The molecule has 0 unspecified atom stereocenters. The zero-order valence-electron chi connectivity index (χ0n) is 19.8. The molecule has 0 radical (unpaired) electrons. The largest absolute Gasteiger partial charge is 0.340 e. The highest BCUT2D eigenvalue weighted by atomic mass is 16.1. The van der Waals surface area contributed by atoms with E-state index in [4.69, 9.17) is 0 Å². The Morgan fingerprint density at radius 2 is 1.97 bits per heavy atom. The Morgan fingerprint density at radius 3 is 2.58 bits per heavy atom. The summed E-state index contributed by atoms with van der Waals surface area (Å²) in [6.45, 7) is 13.6. The second kappa shape index (κ2) is 8.38. The van der Waals surface area contributed by atoms with E-state index in [9.17, 15) is 4.79 Å². The molecule has 1 aromatic heterocycles. The van der Waals surface area contributed by atoms with E-state index >= 15 is 0 Å². The van der Waals surface area contributed by atoms with Gasteiger partial charge < -0.3 is 4.98 Å². The Kier molecular flexibility index (Phi) is 5.95. The summed E-state index contributed by atoms with van der Waals surface area (Å²) in [6, 6.07) is 6.81. The minimum atomic E-state index is 0.000407. The fraction of sp³-hybridized carbons (Fsp3) is 0.556. The summed E-state index contributed by atoms with van der Waals surface area (Å²) in [6.07, 6.45) is 10.4. The second-order valence-corrected chi connectivity index (χ2v) is 10.7. The molecule has 2 aliphatic rings. The number of hydrogen-bond acceptors (Lipinski definition) is 3. The molecule has 1 saturated heterocycles. The molecule has 0 saturated carbocycles. The molecule has 0 bridgehead atoms. The van der Waals surface area contributed by atoms with E-state index in [0.717, 1.165) is 37.2 Å². The molecule has 1 fully saturated rings. The summed E-state index contributed by atoms with van der Waals surface area (Å²) in [5.41, 5.74) is 6.40. The number of nitrogens with zero attached hydrogens (tertiary/aromatic N) is 2. The van der Waals surface area contributed by atoms with E-state index < -0.39 is 0 Å². The molecule has 4 rings (SSSR count). The first-order valence-corrected chi connectivity index (χ1v) is 11.8. The average molecular weight is 420 g/mol. The minimum Gasteiger partial charge on any atom is -0.340 e.